The third kappa shape index (κ3) is 2.17. The average molecular weight is 336 g/mol. The van der Waals surface area contributed by atoms with Gasteiger partial charge in [0.05, 0.1) is 11.0 Å². The van der Waals surface area contributed by atoms with Crippen molar-refractivity contribution in [3.05, 3.63) is 65.7 Å². The molecule has 1 aromatic carbocycles. The van der Waals surface area contributed by atoms with Crippen LogP contribution in [-0.4, -0.2) is 15.0 Å². The van der Waals surface area contributed by atoms with E-state index < -0.39 is 0 Å². The highest BCUT2D eigenvalue weighted by Gasteiger charge is 2.05. The molecule has 0 unspecified atom stereocenters. The van der Waals surface area contributed by atoms with Crippen molar-refractivity contribution >= 4 is 37.7 Å². The van der Waals surface area contributed by atoms with Gasteiger partial charge < -0.3 is 0 Å². The Morgan fingerprint density at radius 3 is 2.48 bits per heavy atom. The SMILES string of the molecule is Brc1cncc(-c2cnc3c(ccc4cccnc43)c2)c1. The van der Waals surface area contributed by atoms with E-state index in [1.807, 2.05) is 24.5 Å². The fraction of sp³-hybridized carbons (Fsp3) is 0. The Balaban J connectivity index is 1.97. The maximum Gasteiger partial charge on any atom is 0.0964 e. The fourth-order valence-corrected chi connectivity index (χ4v) is 2.83. The topological polar surface area (TPSA) is 38.7 Å². The number of fused-ring (bicyclic) bond motifs is 3. The summed E-state index contributed by atoms with van der Waals surface area (Å²) in [6.07, 6.45) is 7.29. The number of hydrogen-bond acceptors (Lipinski definition) is 3. The zero-order valence-electron chi connectivity index (χ0n) is 11.0. The summed E-state index contributed by atoms with van der Waals surface area (Å²) in [5, 5.41) is 2.19. The Kier molecular flexibility index (Phi) is 2.89. The summed E-state index contributed by atoms with van der Waals surface area (Å²) in [6, 6.07) is 12.3. The lowest BCUT2D eigenvalue weighted by Crippen LogP contribution is -1.87. The smallest absolute Gasteiger partial charge is 0.0964 e. The number of rotatable bonds is 1. The van der Waals surface area contributed by atoms with Crippen LogP contribution in [-0.2, 0) is 0 Å². The normalized spacial score (nSPS) is 11.1. The Morgan fingerprint density at radius 2 is 1.57 bits per heavy atom. The molecule has 4 rings (SSSR count). The summed E-state index contributed by atoms with van der Waals surface area (Å²) in [7, 11) is 0. The molecular formula is C17H10BrN3. The maximum atomic E-state index is 4.61. The molecular weight excluding hydrogens is 326 g/mol. The molecule has 0 aliphatic rings. The van der Waals surface area contributed by atoms with Crippen LogP contribution in [0.4, 0.5) is 0 Å². The Bertz CT molecular complexity index is 966. The van der Waals surface area contributed by atoms with Crippen LogP contribution in [0, 0.1) is 0 Å². The summed E-state index contributed by atoms with van der Waals surface area (Å²) in [5.41, 5.74) is 3.96. The number of nitrogens with zero attached hydrogens (tertiary/aromatic N) is 3. The molecule has 21 heavy (non-hydrogen) atoms. The lowest BCUT2D eigenvalue weighted by molar-refractivity contribution is 1.30. The van der Waals surface area contributed by atoms with Gasteiger partial charge in [-0.1, -0.05) is 18.2 Å². The molecule has 0 radical (unpaired) electrons. The maximum absolute atomic E-state index is 4.61. The van der Waals surface area contributed by atoms with E-state index in [-0.39, 0.29) is 0 Å². The van der Waals surface area contributed by atoms with Crippen molar-refractivity contribution in [2.75, 3.05) is 0 Å². The van der Waals surface area contributed by atoms with Gasteiger partial charge in [0, 0.05) is 51.2 Å². The second kappa shape index (κ2) is 4.90. The fourth-order valence-electron chi connectivity index (χ4n) is 2.46. The van der Waals surface area contributed by atoms with E-state index in [0.717, 1.165) is 37.4 Å². The number of hydrogen-bond donors (Lipinski definition) is 0. The quantitative estimate of drug-likeness (QED) is 0.477. The Labute approximate surface area is 129 Å². The van der Waals surface area contributed by atoms with Crippen LogP contribution in [0.5, 0.6) is 0 Å². The van der Waals surface area contributed by atoms with Gasteiger partial charge in [-0.2, -0.15) is 0 Å². The summed E-state index contributed by atoms with van der Waals surface area (Å²) >= 11 is 3.45. The van der Waals surface area contributed by atoms with E-state index in [1.165, 1.54) is 0 Å². The lowest BCUT2D eigenvalue weighted by atomic mass is 10.1. The van der Waals surface area contributed by atoms with Crippen molar-refractivity contribution in [1.29, 1.82) is 0 Å². The molecule has 3 aromatic heterocycles. The highest BCUT2D eigenvalue weighted by molar-refractivity contribution is 9.10. The summed E-state index contributed by atoms with van der Waals surface area (Å²) < 4.78 is 0.959. The predicted octanol–water partition coefficient (Wildman–Crippen LogP) is 4.61. The monoisotopic (exact) mass is 335 g/mol. The first-order valence-corrected chi connectivity index (χ1v) is 7.35. The number of aromatic nitrogens is 3. The van der Waals surface area contributed by atoms with Crippen LogP contribution < -0.4 is 0 Å². The van der Waals surface area contributed by atoms with E-state index in [9.17, 15) is 0 Å². The summed E-state index contributed by atoms with van der Waals surface area (Å²) in [6.45, 7) is 0. The molecule has 100 valence electrons. The molecule has 0 spiro atoms. The second-order valence-corrected chi connectivity index (χ2v) is 5.74. The van der Waals surface area contributed by atoms with Gasteiger partial charge in [-0.25, -0.2) is 0 Å². The molecule has 4 aromatic rings. The van der Waals surface area contributed by atoms with Crippen LogP contribution in [0.2, 0.25) is 0 Å². The van der Waals surface area contributed by atoms with E-state index in [2.05, 4.69) is 55.1 Å². The van der Waals surface area contributed by atoms with Crippen molar-refractivity contribution in [3.63, 3.8) is 0 Å². The Morgan fingerprint density at radius 1 is 0.762 bits per heavy atom. The van der Waals surface area contributed by atoms with Gasteiger partial charge in [-0.3, -0.25) is 15.0 Å². The molecule has 0 aliphatic heterocycles. The highest BCUT2D eigenvalue weighted by atomic mass is 79.9. The van der Waals surface area contributed by atoms with Crippen molar-refractivity contribution in [3.8, 4) is 11.1 Å². The molecule has 0 aliphatic carbocycles. The van der Waals surface area contributed by atoms with Crippen molar-refractivity contribution < 1.29 is 0 Å². The van der Waals surface area contributed by atoms with Crippen LogP contribution in [0.15, 0.2) is 65.7 Å². The second-order valence-electron chi connectivity index (χ2n) is 4.83. The van der Waals surface area contributed by atoms with Crippen molar-refractivity contribution in [2.45, 2.75) is 0 Å². The first-order chi connectivity index (χ1) is 10.3. The number of halogens is 1. The summed E-state index contributed by atoms with van der Waals surface area (Å²) in [4.78, 5) is 13.3. The minimum Gasteiger partial charge on any atom is -0.263 e. The lowest BCUT2D eigenvalue weighted by Gasteiger charge is -2.05. The number of pyridine rings is 3. The molecule has 3 nitrogen and oxygen atoms in total. The van der Waals surface area contributed by atoms with E-state index >= 15 is 0 Å². The Hall–Kier alpha value is -2.33. The van der Waals surface area contributed by atoms with Gasteiger partial charge >= 0.3 is 0 Å². The molecule has 0 bridgehead atoms. The van der Waals surface area contributed by atoms with Gasteiger partial charge in [0.25, 0.3) is 0 Å². The van der Waals surface area contributed by atoms with Crippen molar-refractivity contribution in [2.24, 2.45) is 0 Å². The molecule has 0 saturated carbocycles. The molecule has 0 saturated heterocycles. The minimum absolute atomic E-state index is 0.930. The van der Waals surface area contributed by atoms with Gasteiger partial charge in [-0.05, 0) is 34.1 Å². The van der Waals surface area contributed by atoms with E-state index in [1.54, 1.807) is 12.4 Å². The van der Waals surface area contributed by atoms with E-state index in [0.29, 0.717) is 0 Å². The van der Waals surface area contributed by atoms with Crippen molar-refractivity contribution in [1.82, 2.24) is 15.0 Å². The van der Waals surface area contributed by atoms with E-state index in [4.69, 9.17) is 0 Å². The molecule has 0 atom stereocenters. The predicted molar refractivity (Wildman–Crippen MR) is 88.0 cm³/mol. The minimum atomic E-state index is 0.930. The van der Waals surface area contributed by atoms with Gasteiger partial charge in [0.2, 0.25) is 0 Å². The molecule has 0 amide bonds. The van der Waals surface area contributed by atoms with Gasteiger partial charge in [0.15, 0.2) is 0 Å². The van der Waals surface area contributed by atoms with Crippen LogP contribution in [0.1, 0.15) is 0 Å². The van der Waals surface area contributed by atoms with Crippen LogP contribution >= 0.6 is 15.9 Å². The standard InChI is InChI=1S/C17H10BrN3/c18-15-7-14(8-19-10-15)13-6-12-4-3-11-2-1-5-20-16(11)17(12)21-9-13/h1-10H. The molecule has 0 N–H and O–H groups in total. The van der Waals surface area contributed by atoms with Gasteiger partial charge in [-0.15, -0.1) is 0 Å². The van der Waals surface area contributed by atoms with Crippen LogP contribution in [0.3, 0.4) is 0 Å². The average Bonchev–Trinajstić information content (AvgIpc) is 2.54. The zero-order chi connectivity index (χ0) is 14.2. The molecule has 0 fully saturated rings. The number of benzene rings is 1. The first kappa shape index (κ1) is 12.4. The zero-order valence-corrected chi connectivity index (χ0v) is 12.6. The first-order valence-electron chi connectivity index (χ1n) is 6.56. The molecule has 4 heteroatoms. The van der Waals surface area contributed by atoms with Crippen LogP contribution in [0.25, 0.3) is 32.9 Å². The third-order valence-electron chi connectivity index (χ3n) is 3.46. The largest absolute Gasteiger partial charge is 0.263 e. The van der Waals surface area contributed by atoms with Gasteiger partial charge in [0.1, 0.15) is 0 Å². The third-order valence-corrected chi connectivity index (χ3v) is 3.89. The highest BCUT2D eigenvalue weighted by Crippen LogP contribution is 2.27. The summed E-state index contributed by atoms with van der Waals surface area (Å²) in [5.74, 6) is 0. The molecule has 3 heterocycles.